The molecule has 0 amide bonds. The molecule has 3 heterocycles. The molecule has 0 aliphatic heterocycles. The van der Waals surface area contributed by atoms with Gasteiger partial charge in [0.25, 0.3) is 0 Å². The Morgan fingerprint density at radius 2 is 1.88 bits per heavy atom. The molecule has 0 saturated heterocycles. The summed E-state index contributed by atoms with van der Waals surface area (Å²) < 4.78 is 15.5. The van der Waals surface area contributed by atoms with E-state index in [9.17, 15) is 4.39 Å². The third kappa shape index (κ3) is 2.45. The molecule has 118 valence electrons. The summed E-state index contributed by atoms with van der Waals surface area (Å²) in [6, 6.07) is 10.2. The molecule has 1 aromatic carbocycles. The Bertz CT molecular complexity index is 1030. The minimum Gasteiger partial charge on any atom is -0.337 e. The molecular formula is C17H13FN6. The third-order valence-corrected chi connectivity index (χ3v) is 3.68. The zero-order valence-electron chi connectivity index (χ0n) is 12.8. The molecule has 0 bridgehead atoms. The number of hydrogen-bond acceptors (Lipinski definition) is 5. The lowest BCUT2D eigenvalue weighted by Crippen LogP contribution is -2.02. The number of halogens is 1. The van der Waals surface area contributed by atoms with Crippen LogP contribution in [0.15, 0.2) is 55.0 Å². The predicted octanol–water partition coefficient (Wildman–Crippen LogP) is 3.40. The minimum absolute atomic E-state index is 0.325. The zero-order chi connectivity index (χ0) is 16.5. The van der Waals surface area contributed by atoms with E-state index in [0.717, 1.165) is 16.9 Å². The average Bonchev–Trinajstić information content (AvgIpc) is 2.96. The third-order valence-electron chi connectivity index (χ3n) is 3.68. The van der Waals surface area contributed by atoms with Crippen LogP contribution in [-0.4, -0.2) is 24.7 Å². The quantitative estimate of drug-likeness (QED) is 0.626. The summed E-state index contributed by atoms with van der Waals surface area (Å²) in [7, 11) is 0. The molecule has 0 spiro atoms. The summed E-state index contributed by atoms with van der Waals surface area (Å²) >= 11 is 0. The van der Waals surface area contributed by atoms with Gasteiger partial charge in [-0.25, -0.2) is 19.0 Å². The van der Waals surface area contributed by atoms with Crippen molar-refractivity contribution >= 4 is 22.7 Å². The summed E-state index contributed by atoms with van der Waals surface area (Å²) in [5.41, 5.74) is 3.21. The second kappa shape index (κ2) is 5.69. The maximum absolute atomic E-state index is 14.0. The highest BCUT2D eigenvalue weighted by Gasteiger charge is 2.12. The fourth-order valence-corrected chi connectivity index (χ4v) is 2.46. The van der Waals surface area contributed by atoms with E-state index in [-0.39, 0.29) is 5.82 Å². The molecule has 6 nitrogen and oxygen atoms in total. The van der Waals surface area contributed by atoms with Crippen molar-refractivity contribution in [2.75, 3.05) is 5.32 Å². The van der Waals surface area contributed by atoms with Crippen LogP contribution >= 0.6 is 0 Å². The number of anilines is 2. The standard InChI is InChI=1S/C17H13FN6/c1-11-14(10-21-24(11)15-5-3-2-4-12(15)18)22-16-7-6-13-17(23-16)20-9-8-19-13/h2-10H,1H3,(H,20,22,23). The van der Waals surface area contributed by atoms with Gasteiger partial charge in [-0.3, -0.25) is 4.98 Å². The molecule has 0 aliphatic rings. The highest BCUT2D eigenvalue weighted by molar-refractivity contribution is 5.73. The van der Waals surface area contributed by atoms with E-state index in [1.54, 1.807) is 41.5 Å². The lowest BCUT2D eigenvalue weighted by Gasteiger charge is -2.08. The molecule has 0 atom stereocenters. The number of nitrogens with one attached hydrogen (secondary N) is 1. The Hall–Kier alpha value is -3.35. The summed E-state index contributed by atoms with van der Waals surface area (Å²) in [4.78, 5) is 12.8. The van der Waals surface area contributed by atoms with E-state index in [1.807, 2.05) is 19.1 Å². The van der Waals surface area contributed by atoms with Gasteiger partial charge in [-0.2, -0.15) is 5.10 Å². The molecule has 0 saturated carbocycles. The maximum Gasteiger partial charge on any atom is 0.180 e. The molecule has 0 radical (unpaired) electrons. The Morgan fingerprint density at radius 3 is 2.75 bits per heavy atom. The monoisotopic (exact) mass is 320 g/mol. The molecule has 4 aromatic rings. The molecular weight excluding hydrogens is 307 g/mol. The molecule has 4 rings (SSSR count). The minimum atomic E-state index is -0.325. The van der Waals surface area contributed by atoms with Gasteiger partial charge >= 0.3 is 0 Å². The number of pyridine rings is 1. The van der Waals surface area contributed by atoms with Gasteiger partial charge in [-0.1, -0.05) is 12.1 Å². The molecule has 0 aliphatic carbocycles. The lowest BCUT2D eigenvalue weighted by molar-refractivity contribution is 0.608. The van der Waals surface area contributed by atoms with Gasteiger partial charge in [-0.05, 0) is 31.2 Å². The van der Waals surface area contributed by atoms with E-state index in [2.05, 4.69) is 25.4 Å². The van der Waals surface area contributed by atoms with Crippen LogP contribution in [0.3, 0.4) is 0 Å². The number of nitrogens with zero attached hydrogens (tertiary/aromatic N) is 5. The second-order valence-electron chi connectivity index (χ2n) is 5.23. The number of hydrogen-bond donors (Lipinski definition) is 1. The van der Waals surface area contributed by atoms with E-state index in [0.29, 0.717) is 17.2 Å². The first kappa shape index (κ1) is 14.3. The normalized spacial score (nSPS) is 10.9. The van der Waals surface area contributed by atoms with E-state index in [4.69, 9.17) is 0 Å². The summed E-state index contributed by atoms with van der Waals surface area (Å²) in [5.74, 6) is 0.300. The topological polar surface area (TPSA) is 68.5 Å². The Morgan fingerprint density at radius 1 is 1.04 bits per heavy atom. The van der Waals surface area contributed by atoms with Crippen molar-refractivity contribution in [3.05, 3.63) is 66.5 Å². The van der Waals surface area contributed by atoms with Crippen molar-refractivity contribution in [2.24, 2.45) is 0 Å². The average molecular weight is 320 g/mol. The van der Waals surface area contributed by atoms with Crippen LogP contribution < -0.4 is 5.32 Å². The van der Waals surface area contributed by atoms with Crippen LogP contribution in [0.25, 0.3) is 16.9 Å². The number of para-hydroxylation sites is 1. The summed E-state index contributed by atoms with van der Waals surface area (Å²) in [6.45, 7) is 1.86. The Labute approximate surface area is 137 Å². The number of fused-ring (bicyclic) bond motifs is 1. The highest BCUT2D eigenvalue weighted by atomic mass is 19.1. The number of rotatable bonds is 3. The molecule has 1 N–H and O–H groups in total. The molecule has 0 fully saturated rings. The van der Waals surface area contributed by atoms with E-state index >= 15 is 0 Å². The van der Waals surface area contributed by atoms with Gasteiger partial charge in [0.1, 0.15) is 22.8 Å². The summed E-state index contributed by atoms with van der Waals surface area (Å²) in [5, 5.41) is 7.45. The first-order valence-electron chi connectivity index (χ1n) is 7.37. The van der Waals surface area contributed by atoms with Crippen molar-refractivity contribution in [3.8, 4) is 5.69 Å². The second-order valence-corrected chi connectivity index (χ2v) is 5.23. The van der Waals surface area contributed by atoms with Crippen LogP contribution in [0.2, 0.25) is 0 Å². The number of aromatic nitrogens is 5. The van der Waals surface area contributed by atoms with Crippen molar-refractivity contribution in [1.82, 2.24) is 24.7 Å². The van der Waals surface area contributed by atoms with Crippen LogP contribution in [0.5, 0.6) is 0 Å². The van der Waals surface area contributed by atoms with Gasteiger partial charge < -0.3 is 5.32 Å². The lowest BCUT2D eigenvalue weighted by atomic mass is 10.3. The fraction of sp³-hybridized carbons (Fsp3) is 0.0588. The van der Waals surface area contributed by atoms with Gasteiger partial charge in [-0.15, -0.1) is 0 Å². The maximum atomic E-state index is 14.0. The Balaban J connectivity index is 1.69. The SMILES string of the molecule is Cc1c(Nc2ccc3nccnc3n2)cnn1-c1ccccc1F. The van der Waals surface area contributed by atoms with Crippen molar-refractivity contribution in [3.63, 3.8) is 0 Å². The number of benzene rings is 1. The zero-order valence-corrected chi connectivity index (χ0v) is 12.8. The largest absolute Gasteiger partial charge is 0.337 e. The summed E-state index contributed by atoms with van der Waals surface area (Å²) in [6.07, 6.45) is 4.87. The molecule has 7 heteroatoms. The van der Waals surface area contributed by atoms with E-state index < -0.39 is 0 Å². The van der Waals surface area contributed by atoms with Crippen LogP contribution in [0.4, 0.5) is 15.9 Å². The molecule has 0 unspecified atom stereocenters. The van der Waals surface area contributed by atoms with Gasteiger partial charge in [0.05, 0.1) is 17.6 Å². The van der Waals surface area contributed by atoms with Crippen molar-refractivity contribution in [1.29, 1.82) is 0 Å². The van der Waals surface area contributed by atoms with Gasteiger partial charge in [0, 0.05) is 12.4 Å². The van der Waals surface area contributed by atoms with E-state index in [1.165, 1.54) is 6.07 Å². The molecule has 3 aromatic heterocycles. The van der Waals surface area contributed by atoms with Crippen molar-refractivity contribution < 1.29 is 4.39 Å². The fourth-order valence-electron chi connectivity index (χ4n) is 2.46. The Kier molecular flexibility index (Phi) is 3.38. The first-order valence-corrected chi connectivity index (χ1v) is 7.37. The van der Waals surface area contributed by atoms with Crippen LogP contribution in [0.1, 0.15) is 5.69 Å². The van der Waals surface area contributed by atoms with Crippen LogP contribution in [0, 0.1) is 12.7 Å². The molecule has 24 heavy (non-hydrogen) atoms. The van der Waals surface area contributed by atoms with Crippen molar-refractivity contribution in [2.45, 2.75) is 6.92 Å². The van der Waals surface area contributed by atoms with Gasteiger partial charge in [0.15, 0.2) is 5.65 Å². The predicted molar refractivity (Wildman–Crippen MR) is 88.9 cm³/mol. The van der Waals surface area contributed by atoms with Gasteiger partial charge in [0.2, 0.25) is 0 Å². The van der Waals surface area contributed by atoms with Crippen LogP contribution in [-0.2, 0) is 0 Å². The highest BCUT2D eigenvalue weighted by Crippen LogP contribution is 2.23. The smallest absolute Gasteiger partial charge is 0.180 e. The first-order chi connectivity index (χ1) is 11.7.